The van der Waals surface area contributed by atoms with Gasteiger partial charge in [-0.3, -0.25) is 4.79 Å². The van der Waals surface area contributed by atoms with Crippen LogP contribution in [0, 0.1) is 0 Å². The standard InChI is InChI=1S/C5H9NO3/c1-6(2)5(8)9-4-3-7/h3H,4H2,1-2H3. The molecular formula is C5H9NO3. The summed E-state index contributed by atoms with van der Waals surface area (Å²) in [6.07, 6.45) is 0.0311. The van der Waals surface area contributed by atoms with Gasteiger partial charge in [0.15, 0.2) is 6.29 Å². The smallest absolute Gasteiger partial charge is 0.409 e. The fourth-order valence-corrected chi connectivity index (χ4v) is 0.234. The van der Waals surface area contributed by atoms with E-state index in [0.29, 0.717) is 6.29 Å². The van der Waals surface area contributed by atoms with E-state index in [1.54, 1.807) is 14.1 Å². The van der Waals surface area contributed by atoms with E-state index in [0.717, 1.165) is 0 Å². The summed E-state index contributed by atoms with van der Waals surface area (Å²) in [5.74, 6) is 0. The van der Waals surface area contributed by atoms with Crippen LogP contribution >= 0.6 is 0 Å². The lowest BCUT2D eigenvalue weighted by Gasteiger charge is -2.07. The first-order chi connectivity index (χ1) is 4.18. The topological polar surface area (TPSA) is 46.6 Å². The normalized spacial score (nSPS) is 8.22. The molecule has 0 aliphatic heterocycles. The van der Waals surface area contributed by atoms with Crippen molar-refractivity contribution in [2.75, 3.05) is 20.7 Å². The fraction of sp³-hybridized carbons (Fsp3) is 0.600. The Kier molecular flexibility index (Phi) is 3.43. The number of hydrogen-bond acceptors (Lipinski definition) is 3. The second-order valence-corrected chi connectivity index (χ2v) is 1.64. The molecule has 0 atom stereocenters. The third kappa shape index (κ3) is 3.52. The van der Waals surface area contributed by atoms with Crippen molar-refractivity contribution in [1.29, 1.82) is 0 Å². The summed E-state index contributed by atoms with van der Waals surface area (Å²) in [6, 6.07) is 0. The predicted molar refractivity (Wildman–Crippen MR) is 31.1 cm³/mol. The van der Waals surface area contributed by atoms with Crippen molar-refractivity contribution in [1.82, 2.24) is 4.90 Å². The van der Waals surface area contributed by atoms with E-state index >= 15 is 0 Å². The molecule has 0 aromatic carbocycles. The van der Waals surface area contributed by atoms with Gasteiger partial charge in [0.1, 0.15) is 6.61 Å². The molecule has 9 heavy (non-hydrogen) atoms. The summed E-state index contributed by atoms with van der Waals surface area (Å²) in [7, 11) is 3.10. The van der Waals surface area contributed by atoms with Gasteiger partial charge >= 0.3 is 6.09 Å². The number of rotatable bonds is 2. The summed E-state index contributed by atoms with van der Waals surface area (Å²) in [5, 5.41) is 0. The number of ether oxygens (including phenoxy) is 1. The quantitative estimate of drug-likeness (QED) is 0.491. The highest BCUT2D eigenvalue weighted by Crippen LogP contribution is 1.82. The molecule has 0 N–H and O–H groups in total. The second-order valence-electron chi connectivity index (χ2n) is 1.64. The summed E-state index contributed by atoms with van der Waals surface area (Å²) < 4.78 is 4.37. The monoisotopic (exact) mass is 131 g/mol. The minimum absolute atomic E-state index is 0.170. The van der Waals surface area contributed by atoms with Crippen LogP contribution in [0.3, 0.4) is 0 Å². The van der Waals surface area contributed by atoms with Gasteiger partial charge in [-0.05, 0) is 0 Å². The minimum atomic E-state index is -0.498. The highest BCUT2D eigenvalue weighted by molar-refractivity contribution is 5.68. The molecule has 0 saturated carbocycles. The molecule has 0 spiro atoms. The van der Waals surface area contributed by atoms with E-state index < -0.39 is 6.09 Å². The van der Waals surface area contributed by atoms with Gasteiger partial charge in [0.2, 0.25) is 0 Å². The summed E-state index contributed by atoms with van der Waals surface area (Å²) in [4.78, 5) is 21.3. The highest BCUT2D eigenvalue weighted by Gasteiger charge is 2.01. The van der Waals surface area contributed by atoms with Gasteiger partial charge in [-0.2, -0.15) is 0 Å². The number of amides is 1. The Morgan fingerprint density at radius 1 is 1.67 bits per heavy atom. The van der Waals surface area contributed by atoms with Gasteiger partial charge in [0.05, 0.1) is 0 Å². The van der Waals surface area contributed by atoms with Crippen molar-refractivity contribution in [3.8, 4) is 0 Å². The van der Waals surface area contributed by atoms with Crippen molar-refractivity contribution in [3.63, 3.8) is 0 Å². The van der Waals surface area contributed by atoms with E-state index in [2.05, 4.69) is 4.74 Å². The number of nitrogens with zero attached hydrogens (tertiary/aromatic N) is 1. The molecular weight excluding hydrogens is 122 g/mol. The van der Waals surface area contributed by atoms with E-state index in [9.17, 15) is 9.59 Å². The lowest BCUT2D eigenvalue weighted by Crippen LogP contribution is -2.23. The predicted octanol–water partition coefficient (Wildman–Crippen LogP) is -0.117. The third-order valence-electron chi connectivity index (χ3n) is 0.640. The molecule has 0 saturated heterocycles. The van der Waals surface area contributed by atoms with Gasteiger partial charge in [-0.1, -0.05) is 0 Å². The van der Waals surface area contributed by atoms with E-state index in [1.165, 1.54) is 4.90 Å². The van der Waals surface area contributed by atoms with Crippen LogP contribution < -0.4 is 0 Å². The first kappa shape index (κ1) is 7.94. The van der Waals surface area contributed by atoms with Crippen LogP contribution in [-0.4, -0.2) is 38.0 Å². The van der Waals surface area contributed by atoms with E-state index in [4.69, 9.17) is 0 Å². The number of carbonyl (C=O) groups is 2. The molecule has 0 bridgehead atoms. The lowest BCUT2D eigenvalue weighted by atomic mass is 10.8. The number of hydrogen-bond donors (Lipinski definition) is 0. The van der Waals surface area contributed by atoms with Crippen molar-refractivity contribution >= 4 is 12.4 Å². The fourth-order valence-electron chi connectivity index (χ4n) is 0.234. The zero-order valence-electron chi connectivity index (χ0n) is 5.46. The second kappa shape index (κ2) is 3.88. The highest BCUT2D eigenvalue weighted by atomic mass is 16.6. The van der Waals surface area contributed by atoms with Gasteiger partial charge in [0.25, 0.3) is 0 Å². The van der Waals surface area contributed by atoms with E-state index in [1.807, 2.05) is 0 Å². The van der Waals surface area contributed by atoms with Crippen molar-refractivity contribution in [2.24, 2.45) is 0 Å². The van der Waals surface area contributed by atoms with Crippen LogP contribution in [0.4, 0.5) is 4.79 Å². The largest absolute Gasteiger partial charge is 0.442 e. The Morgan fingerprint density at radius 2 is 2.22 bits per heavy atom. The number of aldehydes is 1. The first-order valence-corrected chi connectivity index (χ1v) is 2.46. The van der Waals surface area contributed by atoms with Crippen LogP contribution in [0.15, 0.2) is 0 Å². The zero-order valence-corrected chi connectivity index (χ0v) is 5.46. The Morgan fingerprint density at radius 3 is 2.56 bits per heavy atom. The molecule has 0 heterocycles. The van der Waals surface area contributed by atoms with E-state index in [-0.39, 0.29) is 6.61 Å². The van der Waals surface area contributed by atoms with Crippen LogP contribution in [0.2, 0.25) is 0 Å². The van der Waals surface area contributed by atoms with Gasteiger partial charge in [-0.15, -0.1) is 0 Å². The molecule has 4 nitrogen and oxygen atoms in total. The van der Waals surface area contributed by atoms with Crippen LogP contribution in [0.5, 0.6) is 0 Å². The molecule has 4 heteroatoms. The zero-order chi connectivity index (χ0) is 7.28. The molecule has 0 rings (SSSR count). The lowest BCUT2D eigenvalue weighted by molar-refractivity contribution is -0.110. The van der Waals surface area contributed by atoms with Crippen LogP contribution in [0.1, 0.15) is 0 Å². The summed E-state index contributed by atoms with van der Waals surface area (Å²) in [6.45, 7) is -0.170. The van der Waals surface area contributed by atoms with Crippen LogP contribution in [-0.2, 0) is 9.53 Å². The summed E-state index contributed by atoms with van der Waals surface area (Å²) >= 11 is 0. The van der Waals surface area contributed by atoms with Gasteiger partial charge in [-0.25, -0.2) is 4.79 Å². The molecule has 0 unspecified atom stereocenters. The first-order valence-electron chi connectivity index (χ1n) is 2.46. The SMILES string of the molecule is CN(C)C(=O)OCC=O. The average molecular weight is 131 g/mol. The Hall–Kier alpha value is -1.06. The Labute approximate surface area is 53.4 Å². The van der Waals surface area contributed by atoms with Gasteiger partial charge < -0.3 is 9.64 Å². The molecule has 0 fully saturated rings. The molecule has 0 aromatic rings. The maximum absolute atomic E-state index is 10.4. The minimum Gasteiger partial charge on any atom is -0.442 e. The maximum Gasteiger partial charge on any atom is 0.409 e. The van der Waals surface area contributed by atoms with Crippen molar-refractivity contribution in [2.45, 2.75) is 0 Å². The van der Waals surface area contributed by atoms with Gasteiger partial charge in [0, 0.05) is 14.1 Å². The van der Waals surface area contributed by atoms with Crippen molar-refractivity contribution in [3.05, 3.63) is 0 Å². The molecule has 52 valence electrons. The molecule has 0 aliphatic rings. The third-order valence-corrected chi connectivity index (χ3v) is 0.640. The Balaban J connectivity index is 3.38. The van der Waals surface area contributed by atoms with Crippen LogP contribution in [0.25, 0.3) is 0 Å². The molecule has 0 radical (unpaired) electrons. The Bertz CT molecular complexity index is 111. The summed E-state index contributed by atoms with van der Waals surface area (Å²) in [5.41, 5.74) is 0. The molecule has 1 amide bonds. The van der Waals surface area contributed by atoms with Crippen molar-refractivity contribution < 1.29 is 14.3 Å². The number of carbonyl (C=O) groups excluding carboxylic acids is 2. The average Bonchev–Trinajstić information content (AvgIpc) is 1.82. The molecule has 0 aliphatic carbocycles. The maximum atomic E-state index is 10.4. The molecule has 0 aromatic heterocycles.